The summed E-state index contributed by atoms with van der Waals surface area (Å²) in [6.45, 7) is 2.91. The number of aliphatic hydroxyl groups excluding tert-OH is 1. The molecule has 0 aliphatic heterocycles. The van der Waals surface area contributed by atoms with E-state index in [0.717, 1.165) is 12.0 Å². The summed E-state index contributed by atoms with van der Waals surface area (Å²) in [7, 11) is 2.00. The number of likely N-dealkylation sites (N-methyl/N-ethyl adjacent to an activating group) is 1. The molecule has 0 aromatic carbocycles. The number of aromatic nitrogens is 2. The van der Waals surface area contributed by atoms with E-state index in [1.807, 2.05) is 13.1 Å². The van der Waals surface area contributed by atoms with Gasteiger partial charge in [0, 0.05) is 23.0 Å². The second kappa shape index (κ2) is 6.60. The van der Waals surface area contributed by atoms with Gasteiger partial charge < -0.3 is 10.1 Å². The minimum Gasteiger partial charge on any atom is -0.395 e. The maximum absolute atomic E-state index is 13.2. The van der Waals surface area contributed by atoms with Crippen molar-refractivity contribution in [1.82, 2.24) is 14.9 Å². The average Bonchev–Trinajstić information content (AvgIpc) is 2.96. The predicted molar refractivity (Wildman–Crippen MR) is 92.9 cm³/mol. The van der Waals surface area contributed by atoms with E-state index in [1.54, 1.807) is 6.07 Å². The zero-order valence-electron chi connectivity index (χ0n) is 13.8. The number of H-pyrrole nitrogens is 1. The van der Waals surface area contributed by atoms with Crippen molar-refractivity contribution >= 4 is 11.0 Å². The third-order valence-corrected chi connectivity index (χ3v) is 4.44. The molecule has 24 heavy (non-hydrogen) atoms. The highest BCUT2D eigenvalue weighted by Crippen LogP contribution is 2.25. The first-order valence-corrected chi connectivity index (χ1v) is 7.88. The predicted octanol–water partition coefficient (Wildman–Crippen LogP) is 2.62. The molecule has 1 aliphatic carbocycles. The quantitative estimate of drug-likeness (QED) is 0.853. The lowest BCUT2D eigenvalue weighted by atomic mass is 9.89. The van der Waals surface area contributed by atoms with Crippen molar-refractivity contribution < 1.29 is 9.50 Å². The lowest BCUT2D eigenvalue weighted by Crippen LogP contribution is -2.44. The Morgan fingerprint density at radius 1 is 1.42 bits per heavy atom. The van der Waals surface area contributed by atoms with Crippen LogP contribution in [0.1, 0.15) is 19.0 Å². The molecule has 1 atom stereocenters. The van der Waals surface area contributed by atoms with Crippen LogP contribution in [0.2, 0.25) is 0 Å². The molecular weight excluding hydrogens is 305 g/mol. The van der Waals surface area contributed by atoms with Gasteiger partial charge in [-0.3, -0.25) is 4.90 Å². The minimum absolute atomic E-state index is 0.101. The zero-order chi connectivity index (χ0) is 17.2. The summed E-state index contributed by atoms with van der Waals surface area (Å²) in [5.41, 5.74) is 2.19. The van der Waals surface area contributed by atoms with Crippen molar-refractivity contribution in [3.05, 3.63) is 53.6 Å². The van der Waals surface area contributed by atoms with Gasteiger partial charge >= 0.3 is 0 Å². The smallest absolute Gasteiger partial charge is 0.142 e. The lowest BCUT2D eigenvalue weighted by molar-refractivity contribution is 0.144. The molecule has 2 aromatic heterocycles. The first-order chi connectivity index (χ1) is 11.5. The highest BCUT2D eigenvalue weighted by molar-refractivity contribution is 5.77. The monoisotopic (exact) mass is 325 g/mol. The number of aromatic amines is 1. The van der Waals surface area contributed by atoms with E-state index in [2.05, 4.69) is 45.8 Å². The van der Waals surface area contributed by atoms with Crippen LogP contribution in [0.5, 0.6) is 0 Å². The Balaban J connectivity index is 1.75. The number of nitrogens with zero attached hydrogens (tertiary/aromatic N) is 2. The van der Waals surface area contributed by atoms with Gasteiger partial charge in [0.1, 0.15) is 11.5 Å². The fourth-order valence-corrected chi connectivity index (χ4v) is 2.70. The van der Waals surface area contributed by atoms with Crippen molar-refractivity contribution in [2.24, 2.45) is 0 Å². The molecule has 0 amide bonds. The molecule has 3 rings (SSSR count). The van der Waals surface area contributed by atoms with Gasteiger partial charge in [-0.2, -0.15) is 0 Å². The molecular formula is C19H20FN3O. The molecule has 124 valence electrons. The van der Waals surface area contributed by atoms with Crippen LogP contribution in [0.25, 0.3) is 11.0 Å². The molecule has 2 heterocycles. The summed E-state index contributed by atoms with van der Waals surface area (Å²) in [4.78, 5) is 9.20. The third-order valence-electron chi connectivity index (χ3n) is 4.44. The van der Waals surface area contributed by atoms with E-state index in [-0.39, 0.29) is 18.0 Å². The number of nitrogens with one attached hydrogen (secondary N) is 1. The number of hydrogen-bond acceptors (Lipinski definition) is 3. The molecule has 0 saturated carbocycles. The van der Waals surface area contributed by atoms with Gasteiger partial charge in [-0.15, -0.1) is 0 Å². The third kappa shape index (κ3) is 3.40. The number of aliphatic hydroxyl groups is 1. The number of β-amino-alcohol motifs (C(OH)–C–C–N with tert-alkyl or cyclic N) is 1. The summed E-state index contributed by atoms with van der Waals surface area (Å²) in [5, 5.41) is 9.80. The van der Waals surface area contributed by atoms with Crippen LogP contribution in [0.3, 0.4) is 0 Å². The molecule has 0 fully saturated rings. The number of allylic oxidation sites excluding steroid dienone is 2. The summed E-state index contributed by atoms with van der Waals surface area (Å²) in [6.07, 6.45) is 8.25. The van der Waals surface area contributed by atoms with Crippen LogP contribution in [0.15, 0.2) is 42.1 Å². The minimum atomic E-state index is -0.356. The number of pyridine rings is 1. The molecule has 1 aliphatic rings. The van der Waals surface area contributed by atoms with Crippen molar-refractivity contribution in [3.8, 4) is 11.8 Å². The first-order valence-electron chi connectivity index (χ1n) is 7.88. The van der Waals surface area contributed by atoms with Gasteiger partial charge in [-0.25, -0.2) is 9.37 Å². The average molecular weight is 325 g/mol. The van der Waals surface area contributed by atoms with Crippen molar-refractivity contribution in [2.75, 3.05) is 20.2 Å². The molecule has 4 nitrogen and oxygen atoms in total. The zero-order valence-corrected chi connectivity index (χ0v) is 13.8. The Morgan fingerprint density at radius 3 is 2.96 bits per heavy atom. The molecule has 0 spiro atoms. The normalized spacial score (nSPS) is 20.1. The van der Waals surface area contributed by atoms with E-state index < -0.39 is 0 Å². The van der Waals surface area contributed by atoms with Gasteiger partial charge in [-0.05, 0) is 44.5 Å². The Morgan fingerprint density at radius 2 is 2.25 bits per heavy atom. The van der Waals surface area contributed by atoms with Crippen LogP contribution in [-0.2, 0) is 0 Å². The van der Waals surface area contributed by atoms with Crippen LogP contribution >= 0.6 is 0 Å². The first kappa shape index (κ1) is 16.4. The Kier molecular flexibility index (Phi) is 4.52. The highest BCUT2D eigenvalue weighted by Gasteiger charge is 2.26. The van der Waals surface area contributed by atoms with E-state index in [9.17, 15) is 4.39 Å². The maximum atomic E-state index is 13.2. The fourth-order valence-electron chi connectivity index (χ4n) is 2.70. The lowest BCUT2D eigenvalue weighted by Gasteiger charge is -2.37. The Bertz CT molecular complexity index is 872. The number of halogens is 1. The fraction of sp³-hybridized carbons (Fsp3) is 0.316. The summed E-state index contributed by atoms with van der Waals surface area (Å²) < 4.78 is 13.2. The SMILES string of the molecule is CN(CCO)C1(C)C=CC(C#Cc2cc3cc(F)cnc3[nH]2)=CC1. The maximum Gasteiger partial charge on any atom is 0.142 e. The summed E-state index contributed by atoms with van der Waals surface area (Å²) >= 11 is 0. The topological polar surface area (TPSA) is 52.1 Å². The molecule has 0 radical (unpaired) electrons. The summed E-state index contributed by atoms with van der Waals surface area (Å²) in [5.74, 6) is 5.83. The highest BCUT2D eigenvalue weighted by atomic mass is 19.1. The standard InChI is InChI=1S/C19H20FN3O/c1-19(23(2)9-10-24)7-5-14(6-8-19)3-4-17-12-15-11-16(20)13-21-18(15)22-17/h5-7,11-13,24H,8-10H2,1-2H3,(H,21,22). The molecule has 1 unspecified atom stereocenters. The summed E-state index contributed by atoms with van der Waals surface area (Å²) in [6, 6.07) is 3.23. The van der Waals surface area contributed by atoms with Gasteiger partial charge in [0.25, 0.3) is 0 Å². The van der Waals surface area contributed by atoms with Crippen LogP contribution in [-0.4, -0.2) is 45.7 Å². The number of fused-ring (bicyclic) bond motifs is 1. The largest absolute Gasteiger partial charge is 0.395 e. The van der Waals surface area contributed by atoms with Crippen molar-refractivity contribution in [2.45, 2.75) is 18.9 Å². The Labute approximate surface area is 140 Å². The van der Waals surface area contributed by atoms with Crippen molar-refractivity contribution in [3.63, 3.8) is 0 Å². The van der Waals surface area contributed by atoms with Gasteiger partial charge in [-0.1, -0.05) is 18.1 Å². The number of rotatable bonds is 3. The molecule has 2 aromatic rings. The second-order valence-corrected chi connectivity index (χ2v) is 6.22. The van der Waals surface area contributed by atoms with E-state index in [0.29, 0.717) is 23.3 Å². The molecule has 2 N–H and O–H groups in total. The second-order valence-electron chi connectivity index (χ2n) is 6.22. The number of hydrogen-bond donors (Lipinski definition) is 2. The van der Waals surface area contributed by atoms with Crippen molar-refractivity contribution in [1.29, 1.82) is 0 Å². The van der Waals surface area contributed by atoms with E-state index in [4.69, 9.17) is 5.11 Å². The van der Waals surface area contributed by atoms with Gasteiger partial charge in [0.05, 0.1) is 18.5 Å². The van der Waals surface area contributed by atoms with E-state index >= 15 is 0 Å². The van der Waals surface area contributed by atoms with Gasteiger partial charge in [0.15, 0.2) is 0 Å². The van der Waals surface area contributed by atoms with Crippen LogP contribution < -0.4 is 0 Å². The molecule has 0 saturated heterocycles. The molecule has 5 heteroatoms. The van der Waals surface area contributed by atoms with Crippen LogP contribution in [0.4, 0.5) is 4.39 Å². The van der Waals surface area contributed by atoms with Crippen LogP contribution in [0, 0.1) is 17.7 Å². The van der Waals surface area contributed by atoms with Gasteiger partial charge in [0.2, 0.25) is 0 Å². The van der Waals surface area contributed by atoms with E-state index in [1.165, 1.54) is 12.3 Å². The molecule has 0 bridgehead atoms. The Hall–Kier alpha value is -2.42.